The topological polar surface area (TPSA) is 0 Å². The molecule has 62 valence electrons. The maximum Gasteiger partial charge on any atom is -0.0282 e. The Labute approximate surface area is 70.3 Å². The van der Waals surface area contributed by atoms with Gasteiger partial charge in [0.25, 0.3) is 0 Å². The maximum atomic E-state index is 3.76. The van der Waals surface area contributed by atoms with E-state index >= 15 is 0 Å². The zero-order valence-electron chi connectivity index (χ0n) is 7.31. The van der Waals surface area contributed by atoms with E-state index in [0.29, 0.717) is 0 Å². The lowest BCUT2D eigenvalue weighted by Crippen LogP contribution is -1.73. The van der Waals surface area contributed by atoms with Crippen LogP contribution in [0.25, 0.3) is 0 Å². The largest absolute Gasteiger partial charge is 0.106 e. The Morgan fingerprint density at radius 2 is 1.91 bits per heavy atom. The molecule has 0 heteroatoms. The molecule has 1 aliphatic rings. The molecule has 0 saturated heterocycles. The lowest BCUT2D eigenvalue weighted by molar-refractivity contribution is 0.714. The molecule has 0 fully saturated rings. The zero-order valence-corrected chi connectivity index (χ0v) is 7.31. The van der Waals surface area contributed by atoms with E-state index in [0.717, 1.165) is 0 Å². The van der Waals surface area contributed by atoms with Crippen LogP contribution in [-0.2, 0) is 0 Å². The third kappa shape index (κ3) is 4.60. The van der Waals surface area contributed by atoms with Crippen molar-refractivity contribution in [2.45, 2.75) is 32.1 Å². The molecular weight excluding hydrogens is 132 g/mol. The van der Waals surface area contributed by atoms with E-state index in [1.54, 1.807) is 0 Å². The molecule has 1 aliphatic carbocycles. The van der Waals surface area contributed by atoms with E-state index < -0.39 is 0 Å². The molecule has 0 spiro atoms. The van der Waals surface area contributed by atoms with Crippen LogP contribution < -0.4 is 0 Å². The Balaban J connectivity index is 0.000000461. The van der Waals surface area contributed by atoms with Crippen LogP contribution in [0.4, 0.5) is 0 Å². The number of hydrogen-bond acceptors (Lipinski definition) is 0. The SMILES string of the molecule is C=C.C=CC1=CCCCCC1. The summed E-state index contributed by atoms with van der Waals surface area (Å²) in [7, 11) is 0. The highest BCUT2D eigenvalue weighted by molar-refractivity contribution is 5.16. The average Bonchev–Trinajstić information content (AvgIpc) is 2.35. The first kappa shape index (κ1) is 10.2. The van der Waals surface area contributed by atoms with Gasteiger partial charge in [0.05, 0.1) is 0 Å². The predicted octanol–water partition coefficient (Wildman–Crippen LogP) is 3.87. The van der Waals surface area contributed by atoms with Crippen LogP contribution in [0.1, 0.15) is 32.1 Å². The molecule has 0 amide bonds. The molecule has 0 heterocycles. The molecular formula is C11H18. The predicted molar refractivity (Wildman–Crippen MR) is 52.6 cm³/mol. The molecule has 11 heavy (non-hydrogen) atoms. The Bertz CT molecular complexity index is 131. The monoisotopic (exact) mass is 150 g/mol. The van der Waals surface area contributed by atoms with Crippen molar-refractivity contribution >= 4 is 0 Å². The van der Waals surface area contributed by atoms with Crippen molar-refractivity contribution in [1.82, 2.24) is 0 Å². The molecule has 0 unspecified atom stereocenters. The molecule has 0 N–H and O–H groups in total. The van der Waals surface area contributed by atoms with Crippen molar-refractivity contribution in [2.75, 3.05) is 0 Å². The van der Waals surface area contributed by atoms with Gasteiger partial charge in [-0.3, -0.25) is 0 Å². The van der Waals surface area contributed by atoms with Crippen LogP contribution in [0.3, 0.4) is 0 Å². The fourth-order valence-corrected chi connectivity index (χ4v) is 1.23. The Hall–Kier alpha value is -0.780. The van der Waals surface area contributed by atoms with Crippen molar-refractivity contribution in [3.05, 3.63) is 37.5 Å². The summed E-state index contributed by atoms with van der Waals surface area (Å²) in [5.41, 5.74) is 1.45. The van der Waals surface area contributed by atoms with E-state index in [-0.39, 0.29) is 0 Å². The van der Waals surface area contributed by atoms with Gasteiger partial charge in [-0.25, -0.2) is 0 Å². The van der Waals surface area contributed by atoms with E-state index in [1.165, 1.54) is 37.7 Å². The van der Waals surface area contributed by atoms with Crippen LogP contribution >= 0.6 is 0 Å². The van der Waals surface area contributed by atoms with Crippen LogP contribution in [-0.4, -0.2) is 0 Å². The lowest BCUT2D eigenvalue weighted by Gasteiger charge is -1.93. The van der Waals surface area contributed by atoms with E-state index in [1.807, 2.05) is 6.08 Å². The van der Waals surface area contributed by atoms with Crippen LogP contribution in [0, 0.1) is 0 Å². The molecule has 0 aliphatic heterocycles. The number of rotatable bonds is 1. The summed E-state index contributed by atoms with van der Waals surface area (Å²) >= 11 is 0. The first-order chi connectivity index (χ1) is 5.43. The Morgan fingerprint density at radius 1 is 1.18 bits per heavy atom. The van der Waals surface area contributed by atoms with Gasteiger partial charge < -0.3 is 0 Å². The van der Waals surface area contributed by atoms with E-state index in [9.17, 15) is 0 Å². The quantitative estimate of drug-likeness (QED) is 0.498. The number of allylic oxidation sites excluding steroid dienone is 3. The number of hydrogen-bond donors (Lipinski definition) is 0. The Kier molecular flexibility index (Phi) is 6.81. The van der Waals surface area contributed by atoms with Gasteiger partial charge in [-0.2, -0.15) is 0 Å². The van der Waals surface area contributed by atoms with Gasteiger partial charge in [-0.05, 0) is 25.7 Å². The molecule has 0 aromatic carbocycles. The summed E-state index contributed by atoms with van der Waals surface area (Å²) in [5.74, 6) is 0. The second-order valence-electron chi connectivity index (χ2n) is 2.58. The van der Waals surface area contributed by atoms with Gasteiger partial charge in [0.2, 0.25) is 0 Å². The van der Waals surface area contributed by atoms with Gasteiger partial charge in [0.1, 0.15) is 0 Å². The van der Waals surface area contributed by atoms with Gasteiger partial charge in [0.15, 0.2) is 0 Å². The third-order valence-electron chi connectivity index (χ3n) is 1.84. The van der Waals surface area contributed by atoms with Crippen molar-refractivity contribution in [3.63, 3.8) is 0 Å². The molecule has 1 rings (SSSR count). The summed E-state index contributed by atoms with van der Waals surface area (Å²) in [6, 6.07) is 0. The molecule has 0 nitrogen and oxygen atoms in total. The van der Waals surface area contributed by atoms with Crippen LogP contribution in [0.5, 0.6) is 0 Å². The minimum atomic E-state index is 1.25. The standard InChI is InChI=1S/C9H14.C2H4/c1-2-9-7-5-3-4-6-8-9;1-2/h2,7H,1,3-6,8H2;1-2H2. The average molecular weight is 150 g/mol. The smallest absolute Gasteiger partial charge is 0.0282 e. The van der Waals surface area contributed by atoms with Crippen molar-refractivity contribution in [2.24, 2.45) is 0 Å². The van der Waals surface area contributed by atoms with E-state index in [2.05, 4.69) is 25.8 Å². The minimum absolute atomic E-state index is 1.25. The van der Waals surface area contributed by atoms with Crippen LogP contribution in [0.15, 0.2) is 37.5 Å². The third-order valence-corrected chi connectivity index (χ3v) is 1.84. The van der Waals surface area contributed by atoms with Gasteiger partial charge >= 0.3 is 0 Å². The highest BCUT2D eigenvalue weighted by atomic mass is 14.0. The second-order valence-corrected chi connectivity index (χ2v) is 2.58. The first-order valence-electron chi connectivity index (χ1n) is 4.25. The van der Waals surface area contributed by atoms with Gasteiger partial charge in [0, 0.05) is 0 Å². The van der Waals surface area contributed by atoms with Crippen LogP contribution in [0.2, 0.25) is 0 Å². The fourth-order valence-electron chi connectivity index (χ4n) is 1.23. The lowest BCUT2D eigenvalue weighted by atomic mass is 10.1. The molecule has 0 radical (unpaired) electrons. The highest BCUT2D eigenvalue weighted by Crippen LogP contribution is 2.16. The normalized spacial score (nSPS) is 16.9. The zero-order chi connectivity index (χ0) is 8.53. The molecule has 0 atom stereocenters. The summed E-state index contributed by atoms with van der Waals surface area (Å²) in [5, 5.41) is 0. The van der Waals surface area contributed by atoms with E-state index in [4.69, 9.17) is 0 Å². The molecule has 0 saturated carbocycles. The second kappa shape index (κ2) is 7.33. The van der Waals surface area contributed by atoms with Crippen molar-refractivity contribution < 1.29 is 0 Å². The summed E-state index contributed by atoms with van der Waals surface area (Å²) < 4.78 is 0. The highest BCUT2D eigenvalue weighted by Gasteiger charge is 1.97. The molecule has 0 bridgehead atoms. The van der Waals surface area contributed by atoms with Crippen molar-refractivity contribution in [1.29, 1.82) is 0 Å². The van der Waals surface area contributed by atoms with Crippen molar-refractivity contribution in [3.8, 4) is 0 Å². The first-order valence-corrected chi connectivity index (χ1v) is 4.25. The fraction of sp³-hybridized carbons (Fsp3) is 0.455. The van der Waals surface area contributed by atoms with Gasteiger partial charge in [-0.15, -0.1) is 13.2 Å². The summed E-state index contributed by atoms with van der Waals surface area (Å²) in [6.07, 6.45) is 11.0. The Morgan fingerprint density at radius 3 is 2.55 bits per heavy atom. The van der Waals surface area contributed by atoms with Gasteiger partial charge in [-0.1, -0.05) is 30.7 Å². The minimum Gasteiger partial charge on any atom is -0.106 e. The summed E-state index contributed by atoms with van der Waals surface area (Å²) in [4.78, 5) is 0. The molecule has 0 aromatic rings. The molecule has 0 aromatic heterocycles. The maximum absolute atomic E-state index is 3.76. The summed E-state index contributed by atoms with van der Waals surface area (Å²) in [6.45, 7) is 9.76.